The first kappa shape index (κ1) is 14.7. The van der Waals surface area contributed by atoms with Crippen LogP contribution in [0.3, 0.4) is 0 Å². The van der Waals surface area contributed by atoms with E-state index in [1.165, 1.54) is 0 Å². The van der Waals surface area contributed by atoms with Crippen molar-refractivity contribution in [3.05, 3.63) is 23.8 Å². The van der Waals surface area contributed by atoms with E-state index < -0.39 is 0 Å². The number of carbonyl (C=O) groups is 1. The largest absolute Gasteiger partial charge is 0.462 e. The number of rotatable bonds is 4. The Hall–Kier alpha value is -1.75. The van der Waals surface area contributed by atoms with Crippen LogP contribution in [0, 0.1) is 0 Å². The van der Waals surface area contributed by atoms with Crippen molar-refractivity contribution in [2.24, 2.45) is 0 Å². The summed E-state index contributed by atoms with van der Waals surface area (Å²) in [6.45, 7) is 3.71. The molecule has 0 spiro atoms. The van der Waals surface area contributed by atoms with Gasteiger partial charge in [-0.15, -0.1) is 0 Å². The van der Waals surface area contributed by atoms with Crippen molar-refractivity contribution in [3.8, 4) is 0 Å². The highest BCUT2D eigenvalue weighted by Gasteiger charge is 2.21. The standard InChI is InChI=1S/C15H22N2O3/c1-3-20-15(18)11-4-5-13(16)14(10-11)17(2)12-6-8-19-9-7-12/h4-5,10,12H,3,6-9,16H2,1-2H3. The van der Waals surface area contributed by atoms with E-state index in [9.17, 15) is 4.79 Å². The molecule has 0 aromatic heterocycles. The van der Waals surface area contributed by atoms with E-state index in [4.69, 9.17) is 15.2 Å². The second-order valence-corrected chi connectivity index (χ2v) is 4.95. The second-order valence-electron chi connectivity index (χ2n) is 4.95. The predicted molar refractivity (Wildman–Crippen MR) is 79.1 cm³/mol. The lowest BCUT2D eigenvalue weighted by Gasteiger charge is -2.33. The maximum atomic E-state index is 11.8. The molecule has 20 heavy (non-hydrogen) atoms. The second kappa shape index (κ2) is 6.61. The molecule has 1 aromatic rings. The van der Waals surface area contributed by atoms with Gasteiger partial charge in [0.1, 0.15) is 0 Å². The number of esters is 1. The minimum absolute atomic E-state index is 0.311. The Bertz CT molecular complexity index is 470. The van der Waals surface area contributed by atoms with Gasteiger partial charge in [-0.3, -0.25) is 0 Å². The van der Waals surface area contributed by atoms with Gasteiger partial charge in [-0.05, 0) is 38.0 Å². The van der Waals surface area contributed by atoms with Crippen LogP contribution in [0.1, 0.15) is 30.1 Å². The summed E-state index contributed by atoms with van der Waals surface area (Å²) in [6.07, 6.45) is 1.94. The Balaban J connectivity index is 2.20. The number of nitrogens with zero attached hydrogens (tertiary/aromatic N) is 1. The van der Waals surface area contributed by atoms with Crippen LogP contribution in [0.2, 0.25) is 0 Å². The predicted octanol–water partition coefficient (Wildman–Crippen LogP) is 2.06. The van der Waals surface area contributed by atoms with Crippen molar-refractivity contribution in [2.45, 2.75) is 25.8 Å². The highest BCUT2D eigenvalue weighted by Crippen LogP contribution is 2.28. The summed E-state index contributed by atoms with van der Waals surface area (Å²) in [6, 6.07) is 5.66. The third-order valence-corrected chi connectivity index (χ3v) is 3.66. The SMILES string of the molecule is CCOC(=O)c1ccc(N)c(N(C)C2CCOCC2)c1. The van der Waals surface area contributed by atoms with E-state index in [1.54, 1.807) is 19.1 Å². The molecule has 5 heteroatoms. The zero-order valence-electron chi connectivity index (χ0n) is 12.1. The van der Waals surface area contributed by atoms with Gasteiger partial charge in [-0.25, -0.2) is 4.79 Å². The molecule has 1 aliphatic rings. The van der Waals surface area contributed by atoms with Gasteiger partial charge in [-0.1, -0.05) is 0 Å². The fourth-order valence-corrected chi connectivity index (χ4v) is 2.46. The van der Waals surface area contributed by atoms with Crippen LogP contribution in [0.4, 0.5) is 11.4 Å². The van der Waals surface area contributed by atoms with Gasteiger partial charge in [-0.2, -0.15) is 0 Å². The lowest BCUT2D eigenvalue weighted by Crippen LogP contribution is -2.37. The van der Waals surface area contributed by atoms with Crippen molar-refractivity contribution in [2.75, 3.05) is 37.5 Å². The van der Waals surface area contributed by atoms with E-state index in [0.717, 1.165) is 31.7 Å². The third-order valence-electron chi connectivity index (χ3n) is 3.66. The minimum atomic E-state index is -0.311. The number of hydrogen-bond acceptors (Lipinski definition) is 5. The number of anilines is 2. The van der Waals surface area contributed by atoms with E-state index in [0.29, 0.717) is 23.9 Å². The molecule has 0 amide bonds. The summed E-state index contributed by atoms with van der Waals surface area (Å²) in [5.74, 6) is -0.311. The Morgan fingerprint density at radius 1 is 1.45 bits per heavy atom. The first-order chi connectivity index (χ1) is 9.63. The average Bonchev–Trinajstić information content (AvgIpc) is 2.48. The molecular weight excluding hydrogens is 256 g/mol. The number of benzene rings is 1. The molecule has 1 fully saturated rings. The molecule has 0 saturated carbocycles. The van der Waals surface area contributed by atoms with Gasteiger partial charge < -0.3 is 20.1 Å². The zero-order chi connectivity index (χ0) is 14.5. The van der Waals surface area contributed by atoms with Crippen LogP contribution in [0.25, 0.3) is 0 Å². The van der Waals surface area contributed by atoms with Gasteiger partial charge in [0.15, 0.2) is 0 Å². The lowest BCUT2D eigenvalue weighted by atomic mass is 10.1. The summed E-state index contributed by atoms with van der Waals surface area (Å²) in [4.78, 5) is 13.9. The molecule has 2 rings (SSSR count). The van der Waals surface area contributed by atoms with Gasteiger partial charge in [0, 0.05) is 26.3 Å². The molecule has 1 aromatic carbocycles. The van der Waals surface area contributed by atoms with Gasteiger partial charge in [0.25, 0.3) is 0 Å². The summed E-state index contributed by atoms with van der Waals surface area (Å²) in [7, 11) is 2.01. The van der Waals surface area contributed by atoms with Crippen LogP contribution in [-0.2, 0) is 9.47 Å². The molecule has 0 radical (unpaired) electrons. The highest BCUT2D eigenvalue weighted by atomic mass is 16.5. The Morgan fingerprint density at radius 2 is 2.15 bits per heavy atom. The van der Waals surface area contributed by atoms with Crippen molar-refractivity contribution in [3.63, 3.8) is 0 Å². The first-order valence-electron chi connectivity index (χ1n) is 7.00. The minimum Gasteiger partial charge on any atom is -0.462 e. The number of carbonyl (C=O) groups excluding carboxylic acids is 1. The summed E-state index contributed by atoms with van der Waals surface area (Å²) >= 11 is 0. The molecule has 1 heterocycles. The molecule has 2 N–H and O–H groups in total. The number of nitrogens with two attached hydrogens (primary N) is 1. The van der Waals surface area contributed by atoms with Crippen molar-refractivity contribution >= 4 is 17.3 Å². The number of ether oxygens (including phenoxy) is 2. The highest BCUT2D eigenvalue weighted by molar-refractivity contribution is 5.92. The molecular formula is C15H22N2O3. The van der Waals surface area contributed by atoms with Crippen LogP contribution in [0.15, 0.2) is 18.2 Å². The quantitative estimate of drug-likeness (QED) is 0.674. The van der Waals surface area contributed by atoms with E-state index in [1.807, 2.05) is 13.1 Å². The molecule has 0 aliphatic carbocycles. The maximum absolute atomic E-state index is 11.8. The van der Waals surface area contributed by atoms with Gasteiger partial charge >= 0.3 is 5.97 Å². The fourth-order valence-electron chi connectivity index (χ4n) is 2.46. The lowest BCUT2D eigenvalue weighted by molar-refractivity contribution is 0.0526. The molecule has 1 aliphatic heterocycles. The van der Waals surface area contributed by atoms with E-state index in [-0.39, 0.29) is 5.97 Å². The van der Waals surface area contributed by atoms with Crippen molar-refractivity contribution in [1.82, 2.24) is 0 Å². The van der Waals surface area contributed by atoms with E-state index >= 15 is 0 Å². The van der Waals surface area contributed by atoms with Crippen LogP contribution in [0.5, 0.6) is 0 Å². The zero-order valence-corrected chi connectivity index (χ0v) is 12.1. The van der Waals surface area contributed by atoms with Crippen molar-refractivity contribution in [1.29, 1.82) is 0 Å². The summed E-state index contributed by atoms with van der Waals surface area (Å²) < 4.78 is 10.4. The molecule has 110 valence electrons. The summed E-state index contributed by atoms with van der Waals surface area (Å²) in [5.41, 5.74) is 8.13. The van der Waals surface area contributed by atoms with Crippen LogP contribution in [-0.4, -0.2) is 38.9 Å². The fraction of sp³-hybridized carbons (Fsp3) is 0.533. The van der Waals surface area contributed by atoms with Crippen LogP contribution < -0.4 is 10.6 Å². The molecule has 0 atom stereocenters. The Kier molecular flexibility index (Phi) is 4.84. The molecule has 0 bridgehead atoms. The normalized spacial score (nSPS) is 15.9. The van der Waals surface area contributed by atoms with Gasteiger partial charge in [0.2, 0.25) is 0 Å². The Morgan fingerprint density at radius 3 is 2.80 bits per heavy atom. The smallest absolute Gasteiger partial charge is 0.338 e. The Labute approximate surface area is 119 Å². The summed E-state index contributed by atoms with van der Waals surface area (Å²) in [5, 5.41) is 0. The topological polar surface area (TPSA) is 64.8 Å². The first-order valence-corrected chi connectivity index (χ1v) is 7.00. The number of hydrogen-bond donors (Lipinski definition) is 1. The van der Waals surface area contributed by atoms with Gasteiger partial charge in [0.05, 0.1) is 23.5 Å². The molecule has 5 nitrogen and oxygen atoms in total. The molecule has 1 saturated heterocycles. The number of nitrogen functional groups attached to an aromatic ring is 1. The molecule has 0 unspecified atom stereocenters. The third kappa shape index (κ3) is 3.22. The van der Waals surface area contributed by atoms with E-state index in [2.05, 4.69) is 4.90 Å². The maximum Gasteiger partial charge on any atom is 0.338 e. The monoisotopic (exact) mass is 278 g/mol. The van der Waals surface area contributed by atoms with Crippen molar-refractivity contribution < 1.29 is 14.3 Å². The average molecular weight is 278 g/mol. The van der Waals surface area contributed by atoms with Crippen LogP contribution >= 0.6 is 0 Å².